The third-order valence-corrected chi connectivity index (χ3v) is 6.24. The Morgan fingerprint density at radius 3 is 1.73 bits per heavy atom. The maximum absolute atomic E-state index is 12.7. The van der Waals surface area contributed by atoms with Crippen LogP contribution in [0.2, 0.25) is 0 Å². The highest BCUT2D eigenvalue weighted by molar-refractivity contribution is 5.91. The lowest BCUT2D eigenvalue weighted by Crippen LogP contribution is -2.49. The summed E-state index contributed by atoms with van der Waals surface area (Å²) in [4.78, 5) is 21.0. The molecule has 2 aromatic rings. The van der Waals surface area contributed by atoms with Gasteiger partial charge in [0.2, 0.25) is 0 Å². The van der Waals surface area contributed by atoms with Crippen molar-refractivity contribution in [3.8, 4) is 0 Å². The molecule has 2 N–H and O–H groups in total. The SMILES string of the molecule is Cc1ccc(N2CCN(c3ccc(N(C)C(=O)N(C)C(C)C(C)N)cc3)CC2)cc1. The molecule has 2 aromatic carbocycles. The molecule has 0 aromatic heterocycles. The fraction of sp³-hybridized carbons (Fsp3) is 0.458. The zero-order chi connectivity index (χ0) is 21.8. The molecular formula is C24H35N5O. The molecule has 30 heavy (non-hydrogen) atoms. The van der Waals surface area contributed by atoms with Crippen molar-refractivity contribution in [1.29, 1.82) is 0 Å². The van der Waals surface area contributed by atoms with E-state index in [0.717, 1.165) is 31.9 Å². The van der Waals surface area contributed by atoms with Crippen LogP contribution in [0.1, 0.15) is 19.4 Å². The number of anilines is 3. The van der Waals surface area contributed by atoms with Crippen LogP contribution in [0.15, 0.2) is 48.5 Å². The number of carbonyl (C=O) groups is 1. The molecule has 0 saturated carbocycles. The van der Waals surface area contributed by atoms with Gasteiger partial charge in [-0.05, 0) is 57.2 Å². The van der Waals surface area contributed by atoms with E-state index < -0.39 is 0 Å². The second-order valence-corrected chi connectivity index (χ2v) is 8.38. The first kappa shape index (κ1) is 22.0. The van der Waals surface area contributed by atoms with Crippen LogP contribution in [0.25, 0.3) is 0 Å². The van der Waals surface area contributed by atoms with E-state index in [0.29, 0.717) is 0 Å². The van der Waals surface area contributed by atoms with Crippen LogP contribution in [0.3, 0.4) is 0 Å². The van der Waals surface area contributed by atoms with E-state index in [2.05, 4.69) is 53.1 Å². The van der Waals surface area contributed by atoms with Crippen LogP contribution in [0.5, 0.6) is 0 Å². The second kappa shape index (κ2) is 9.39. The number of rotatable bonds is 5. The average Bonchev–Trinajstić information content (AvgIpc) is 2.77. The first-order valence-corrected chi connectivity index (χ1v) is 10.7. The number of hydrogen-bond donors (Lipinski definition) is 1. The molecule has 0 radical (unpaired) electrons. The van der Waals surface area contributed by atoms with Crippen LogP contribution in [-0.2, 0) is 0 Å². The average molecular weight is 410 g/mol. The van der Waals surface area contributed by atoms with Gasteiger partial charge in [0, 0.05) is 69.4 Å². The quantitative estimate of drug-likeness (QED) is 0.821. The number of benzene rings is 2. The Bertz CT molecular complexity index is 826. The Labute approximate surface area is 180 Å². The molecule has 6 nitrogen and oxygen atoms in total. The predicted octanol–water partition coefficient (Wildman–Crippen LogP) is 3.55. The minimum atomic E-state index is -0.0756. The van der Waals surface area contributed by atoms with E-state index >= 15 is 0 Å². The molecule has 0 bridgehead atoms. The number of urea groups is 1. The fourth-order valence-corrected chi connectivity index (χ4v) is 3.74. The van der Waals surface area contributed by atoms with Gasteiger partial charge in [-0.25, -0.2) is 4.79 Å². The summed E-state index contributed by atoms with van der Waals surface area (Å²) < 4.78 is 0. The molecule has 1 aliphatic rings. The third kappa shape index (κ3) is 4.87. The Balaban J connectivity index is 1.59. The molecule has 6 heteroatoms. The highest BCUT2D eigenvalue weighted by Gasteiger charge is 2.23. The topological polar surface area (TPSA) is 56.0 Å². The maximum Gasteiger partial charge on any atom is 0.324 e. The summed E-state index contributed by atoms with van der Waals surface area (Å²) in [5.41, 5.74) is 10.6. The van der Waals surface area contributed by atoms with E-state index in [4.69, 9.17) is 5.73 Å². The molecule has 1 saturated heterocycles. The largest absolute Gasteiger partial charge is 0.368 e. The smallest absolute Gasteiger partial charge is 0.324 e. The molecule has 2 unspecified atom stereocenters. The highest BCUT2D eigenvalue weighted by Crippen LogP contribution is 2.24. The number of nitrogens with two attached hydrogens (primary N) is 1. The summed E-state index contributed by atoms with van der Waals surface area (Å²) in [6, 6.07) is 16.8. The summed E-state index contributed by atoms with van der Waals surface area (Å²) in [6.07, 6.45) is 0. The van der Waals surface area contributed by atoms with Crippen molar-refractivity contribution in [2.45, 2.75) is 32.9 Å². The van der Waals surface area contributed by atoms with Crippen molar-refractivity contribution in [1.82, 2.24) is 4.90 Å². The third-order valence-electron chi connectivity index (χ3n) is 6.24. The lowest BCUT2D eigenvalue weighted by molar-refractivity contribution is 0.195. The lowest BCUT2D eigenvalue weighted by atomic mass is 10.1. The first-order valence-electron chi connectivity index (χ1n) is 10.7. The maximum atomic E-state index is 12.7. The van der Waals surface area contributed by atoms with Crippen molar-refractivity contribution in [3.63, 3.8) is 0 Å². The standard InChI is InChI=1S/C24H35N5O/c1-18-6-8-22(9-7-18)28-14-16-29(17-15-28)23-12-10-21(11-13-23)27(5)24(30)26(4)20(3)19(2)25/h6-13,19-20H,14-17,25H2,1-5H3. The van der Waals surface area contributed by atoms with Crippen LogP contribution < -0.4 is 20.4 Å². The van der Waals surface area contributed by atoms with Crippen molar-refractivity contribution >= 4 is 23.1 Å². The van der Waals surface area contributed by atoms with Gasteiger partial charge in [0.15, 0.2) is 0 Å². The predicted molar refractivity (Wildman–Crippen MR) is 127 cm³/mol. The van der Waals surface area contributed by atoms with Crippen molar-refractivity contribution in [2.24, 2.45) is 5.73 Å². The van der Waals surface area contributed by atoms with E-state index in [1.807, 2.05) is 33.0 Å². The molecule has 1 heterocycles. The molecule has 1 fully saturated rings. The first-order chi connectivity index (χ1) is 14.3. The van der Waals surface area contributed by atoms with Gasteiger partial charge in [-0.2, -0.15) is 0 Å². The molecule has 1 aliphatic heterocycles. The van der Waals surface area contributed by atoms with Crippen molar-refractivity contribution in [2.75, 3.05) is 55.0 Å². The highest BCUT2D eigenvalue weighted by atomic mass is 16.2. The normalized spacial score (nSPS) is 16.2. The van der Waals surface area contributed by atoms with Gasteiger partial charge in [-0.15, -0.1) is 0 Å². The summed E-state index contributed by atoms with van der Waals surface area (Å²) in [6.45, 7) is 9.98. The minimum Gasteiger partial charge on any atom is -0.368 e. The van der Waals surface area contributed by atoms with Crippen LogP contribution in [-0.4, -0.2) is 63.3 Å². The van der Waals surface area contributed by atoms with Gasteiger partial charge < -0.3 is 20.4 Å². The lowest BCUT2D eigenvalue weighted by Gasteiger charge is -2.37. The Kier molecular flexibility index (Phi) is 6.87. The zero-order valence-corrected chi connectivity index (χ0v) is 18.9. The van der Waals surface area contributed by atoms with Crippen LogP contribution in [0.4, 0.5) is 21.9 Å². The summed E-state index contributed by atoms with van der Waals surface area (Å²) in [5, 5.41) is 0. The van der Waals surface area contributed by atoms with E-state index in [-0.39, 0.29) is 18.1 Å². The second-order valence-electron chi connectivity index (χ2n) is 8.38. The zero-order valence-electron chi connectivity index (χ0n) is 18.9. The van der Waals surface area contributed by atoms with Crippen LogP contribution >= 0.6 is 0 Å². The van der Waals surface area contributed by atoms with E-state index in [1.165, 1.54) is 16.9 Å². The number of amides is 2. The van der Waals surface area contributed by atoms with Gasteiger partial charge in [0.1, 0.15) is 0 Å². The van der Waals surface area contributed by atoms with Gasteiger partial charge >= 0.3 is 6.03 Å². The number of likely N-dealkylation sites (N-methyl/N-ethyl adjacent to an activating group) is 1. The van der Waals surface area contributed by atoms with Crippen molar-refractivity contribution in [3.05, 3.63) is 54.1 Å². The molecule has 2 atom stereocenters. The number of piperazine rings is 1. The number of carbonyl (C=O) groups excluding carboxylic acids is 1. The molecule has 3 rings (SSSR count). The Morgan fingerprint density at radius 2 is 1.30 bits per heavy atom. The Morgan fingerprint density at radius 1 is 0.867 bits per heavy atom. The summed E-state index contributed by atoms with van der Waals surface area (Å²) in [7, 11) is 3.61. The minimum absolute atomic E-state index is 0.0240. The van der Waals surface area contributed by atoms with E-state index in [1.54, 1.807) is 16.8 Å². The summed E-state index contributed by atoms with van der Waals surface area (Å²) >= 11 is 0. The van der Waals surface area contributed by atoms with Gasteiger partial charge in [0.05, 0.1) is 0 Å². The number of aryl methyl sites for hydroxylation is 1. The molecular weight excluding hydrogens is 374 g/mol. The van der Waals surface area contributed by atoms with Crippen molar-refractivity contribution < 1.29 is 4.79 Å². The van der Waals surface area contributed by atoms with E-state index in [9.17, 15) is 4.79 Å². The van der Waals surface area contributed by atoms with Gasteiger partial charge in [0.25, 0.3) is 0 Å². The number of nitrogens with zero attached hydrogens (tertiary/aromatic N) is 4. The summed E-state index contributed by atoms with van der Waals surface area (Å²) in [5.74, 6) is 0. The Hall–Kier alpha value is -2.73. The molecule has 162 valence electrons. The molecule has 0 spiro atoms. The molecule has 0 aliphatic carbocycles. The van der Waals surface area contributed by atoms with Crippen LogP contribution in [0, 0.1) is 6.92 Å². The fourth-order valence-electron chi connectivity index (χ4n) is 3.74. The van der Waals surface area contributed by atoms with Gasteiger partial charge in [-0.3, -0.25) is 4.90 Å². The monoisotopic (exact) mass is 409 g/mol. The van der Waals surface area contributed by atoms with Gasteiger partial charge in [-0.1, -0.05) is 17.7 Å². The number of hydrogen-bond acceptors (Lipinski definition) is 4. The molecule has 2 amide bonds.